The average molecular weight is 396 g/mol. The smallest absolute Gasteiger partial charge is 0.257 e. The molecule has 1 atom stereocenters. The van der Waals surface area contributed by atoms with Gasteiger partial charge in [-0.25, -0.2) is 4.99 Å². The number of hydrogen-bond acceptors (Lipinski definition) is 4. The van der Waals surface area contributed by atoms with E-state index in [0.29, 0.717) is 24.7 Å². The van der Waals surface area contributed by atoms with Crippen molar-refractivity contribution < 1.29 is 14.3 Å². The molecule has 1 aliphatic rings. The SMILES string of the molecule is CCOc1ccc(C(=O)NC(=NC[C@H]2CCCO2)Nc2ccccc2CC)cc1. The number of hydrogen-bond donors (Lipinski definition) is 2. The van der Waals surface area contributed by atoms with Crippen molar-refractivity contribution in [2.75, 3.05) is 25.1 Å². The largest absolute Gasteiger partial charge is 0.494 e. The van der Waals surface area contributed by atoms with Crippen LogP contribution in [-0.4, -0.2) is 37.7 Å². The Morgan fingerprint density at radius 3 is 2.66 bits per heavy atom. The second kappa shape index (κ2) is 10.6. The van der Waals surface area contributed by atoms with Gasteiger partial charge in [-0.1, -0.05) is 25.1 Å². The Balaban J connectivity index is 1.74. The number of anilines is 1. The molecule has 0 spiro atoms. The molecule has 0 aromatic heterocycles. The van der Waals surface area contributed by atoms with E-state index in [9.17, 15) is 4.79 Å². The molecule has 154 valence electrons. The van der Waals surface area contributed by atoms with Crippen LogP contribution in [-0.2, 0) is 11.2 Å². The second-order valence-corrected chi connectivity index (χ2v) is 6.87. The Morgan fingerprint density at radius 1 is 1.17 bits per heavy atom. The van der Waals surface area contributed by atoms with Crippen molar-refractivity contribution in [1.82, 2.24) is 5.32 Å². The first-order chi connectivity index (χ1) is 14.2. The lowest BCUT2D eigenvalue weighted by Crippen LogP contribution is -2.37. The van der Waals surface area contributed by atoms with Crippen LogP contribution >= 0.6 is 0 Å². The van der Waals surface area contributed by atoms with Crippen LogP contribution in [0.4, 0.5) is 5.69 Å². The van der Waals surface area contributed by atoms with Crippen LogP contribution in [0.3, 0.4) is 0 Å². The van der Waals surface area contributed by atoms with Gasteiger partial charge in [-0.05, 0) is 62.1 Å². The van der Waals surface area contributed by atoms with E-state index in [2.05, 4.69) is 28.6 Å². The van der Waals surface area contributed by atoms with Crippen molar-refractivity contribution >= 4 is 17.6 Å². The molecule has 0 saturated carbocycles. The number of rotatable bonds is 7. The quantitative estimate of drug-likeness (QED) is 0.549. The number of amides is 1. The molecule has 6 heteroatoms. The van der Waals surface area contributed by atoms with E-state index in [-0.39, 0.29) is 12.0 Å². The van der Waals surface area contributed by atoms with Gasteiger partial charge in [0.25, 0.3) is 5.91 Å². The van der Waals surface area contributed by atoms with Gasteiger partial charge in [-0.3, -0.25) is 10.1 Å². The van der Waals surface area contributed by atoms with Crippen LogP contribution in [0.1, 0.15) is 42.6 Å². The molecule has 2 aromatic carbocycles. The highest BCUT2D eigenvalue weighted by molar-refractivity contribution is 6.10. The molecular weight excluding hydrogens is 366 g/mol. The lowest BCUT2D eigenvalue weighted by molar-refractivity contribution is 0.0975. The summed E-state index contributed by atoms with van der Waals surface area (Å²) in [7, 11) is 0. The summed E-state index contributed by atoms with van der Waals surface area (Å²) in [6.45, 7) is 5.91. The molecule has 2 N–H and O–H groups in total. The van der Waals surface area contributed by atoms with E-state index in [1.54, 1.807) is 24.3 Å². The number of benzene rings is 2. The summed E-state index contributed by atoms with van der Waals surface area (Å²) < 4.78 is 11.1. The minimum atomic E-state index is -0.222. The fourth-order valence-corrected chi connectivity index (χ4v) is 3.22. The zero-order valence-corrected chi connectivity index (χ0v) is 17.1. The number of guanidine groups is 1. The lowest BCUT2D eigenvalue weighted by Gasteiger charge is -2.15. The molecule has 1 amide bonds. The van der Waals surface area contributed by atoms with Crippen molar-refractivity contribution in [3.63, 3.8) is 0 Å². The first-order valence-corrected chi connectivity index (χ1v) is 10.2. The molecule has 1 aliphatic heterocycles. The first-order valence-electron chi connectivity index (χ1n) is 10.2. The van der Waals surface area contributed by atoms with E-state index >= 15 is 0 Å². The fourth-order valence-electron chi connectivity index (χ4n) is 3.22. The summed E-state index contributed by atoms with van der Waals surface area (Å²) in [5, 5.41) is 6.20. The van der Waals surface area contributed by atoms with Crippen LogP contribution in [0.5, 0.6) is 5.75 Å². The summed E-state index contributed by atoms with van der Waals surface area (Å²) in [6, 6.07) is 15.1. The molecule has 0 radical (unpaired) electrons. The van der Waals surface area contributed by atoms with Gasteiger partial charge in [0, 0.05) is 17.9 Å². The summed E-state index contributed by atoms with van der Waals surface area (Å²) in [4.78, 5) is 17.4. The second-order valence-electron chi connectivity index (χ2n) is 6.87. The monoisotopic (exact) mass is 395 g/mol. The third-order valence-electron chi connectivity index (χ3n) is 4.79. The number of carbonyl (C=O) groups is 1. The molecule has 6 nitrogen and oxygen atoms in total. The van der Waals surface area contributed by atoms with E-state index in [1.165, 1.54) is 0 Å². The maximum absolute atomic E-state index is 12.8. The topological polar surface area (TPSA) is 72.0 Å². The summed E-state index contributed by atoms with van der Waals surface area (Å²) in [5.74, 6) is 0.951. The highest BCUT2D eigenvalue weighted by atomic mass is 16.5. The Hall–Kier alpha value is -2.86. The standard InChI is InChI=1S/C23H29N3O3/c1-3-17-8-5-6-10-21(17)25-23(24-16-20-9-7-15-29-20)26-22(27)18-11-13-19(14-12-18)28-4-2/h5-6,8,10-14,20H,3-4,7,9,15-16H2,1-2H3,(H2,24,25,26,27)/t20-/m1/s1. The number of nitrogens with zero attached hydrogens (tertiary/aromatic N) is 1. The molecule has 29 heavy (non-hydrogen) atoms. The van der Waals surface area contributed by atoms with E-state index in [4.69, 9.17) is 9.47 Å². The number of aryl methyl sites for hydroxylation is 1. The van der Waals surface area contributed by atoms with Crippen LogP contribution in [0.2, 0.25) is 0 Å². The predicted octanol–water partition coefficient (Wildman–Crippen LogP) is 4.02. The number of para-hydroxylation sites is 1. The average Bonchev–Trinajstić information content (AvgIpc) is 3.27. The Morgan fingerprint density at radius 2 is 1.97 bits per heavy atom. The zero-order valence-electron chi connectivity index (χ0n) is 17.1. The molecular formula is C23H29N3O3. The third-order valence-corrected chi connectivity index (χ3v) is 4.79. The normalized spacial score (nSPS) is 16.5. The first kappa shape index (κ1) is 20.9. The summed E-state index contributed by atoms with van der Waals surface area (Å²) >= 11 is 0. The van der Waals surface area contributed by atoms with Crippen molar-refractivity contribution in [3.05, 3.63) is 59.7 Å². The molecule has 1 fully saturated rings. The van der Waals surface area contributed by atoms with Gasteiger partial charge in [0.15, 0.2) is 0 Å². The molecule has 3 rings (SSSR count). The van der Waals surface area contributed by atoms with Gasteiger partial charge in [0.1, 0.15) is 5.75 Å². The van der Waals surface area contributed by atoms with Crippen molar-refractivity contribution in [3.8, 4) is 5.75 Å². The van der Waals surface area contributed by atoms with E-state index in [0.717, 1.165) is 42.9 Å². The van der Waals surface area contributed by atoms with Gasteiger partial charge >= 0.3 is 0 Å². The zero-order chi connectivity index (χ0) is 20.5. The van der Waals surface area contributed by atoms with Crippen LogP contribution < -0.4 is 15.4 Å². The number of nitrogens with one attached hydrogen (secondary N) is 2. The predicted molar refractivity (Wildman–Crippen MR) is 116 cm³/mol. The Bertz CT molecular complexity index is 828. The van der Waals surface area contributed by atoms with Crippen LogP contribution in [0.25, 0.3) is 0 Å². The van der Waals surface area contributed by atoms with Crippen LogP contribution in [0.15, 0.2) is 53.5 Å². The van der Waals surface area contributed by atoms with Gasteiger partial charge in [-0.15, -0.1) is 0 Å². The van der Waals surface area contributed by atoms with Crippen molar-refractivity contribution in [1.29, 1.82) is 0 Å². The summed E-state index contributed by atoms with van der Waals surface area (Å²) in [6.07, 6.45) is 3.04. The van der Waals surface area contributed by atoms with Gasteiger partial charge in [0.05, 0.1) is 19.3 Å². The van der Waals surface area contributed by atoms with Gasteiger partial charge in [-0.2, -0.15) is 0 Å². The maximum Gasteiger partial charge on any atom is 0.257 e. The number of carbonyl (C=O) groups excluding carboxylic acids is 1. The van der Waals surface area contributed by atoms with Gasteiger partial charge < -0.3 is 14.8 Å². The number of aliphatic imine (C=N–C) groups is 1. The summed E-state index contributed by atoms with van der Waals surface area (Å²) in [5.41, 5.74) is 2.64. The number of ether oxygens (including phenoxy) is 2. The van der Waals surface area contributed by atoms with E-state index in [1.807, 2.05) is 25.1 Å². The minimum absolute atomic E-state index is 0.107. The highest BCUT2D eigenvalue weighted by Crippen LogP contribution is 2.17. The lowest BCUT2D eigenvalue weighted by atomic mass is 10.1. The Labute approximate surface area is 172 Å². The molecule has 2 aromatic rings. The van der Waals surface area contributed by atoms with Crippen molar-refractivity contribution in [2.45, 2.75) is 39.2 Å². The van der Waals surface area contributed by atoms with Gasteiger partial charge in [0.2, 0.25) is 5.96 Å². The minimum Gasteiger partial charge on any atom is -0.494 e. The maximum atomic E-state index is 12.8. The molecule has 0 bridgehead atoms. The molecule has 0 aliphatic carbocycles. The molecule has 1 heterocycles. The molecule has 0 unspecified atom stereocenters. The fraction of sp³-hybridized carbons (Fsp3) is 0.391. The highest BCUT2D eigenvalue weighted by Gasteiger charge is 2.16. The van der Waals surface area contributed by atoms with Crippen LogP contribution in [0, 0.1) is 0 Å². The van der Waals surface area contributed by atoms with E-state index < -0.39 is 0 Å². The van der Waals surface area contributed by atoms with Crippen molar-refractivity contribution in [2.24, 2.45) is 4.99 Å². The third kappa shape index (κ3) is 6.06. The molecule has 1 saturated heterocycles. The Kier molecular flexibility index (Phi) is 7.64.